The van der Waals surface area contributed by atoms with Crippen LogP contribution >= 0.6 is 0 Å². The standard InChI is InChI=1S/C24H32N4O3/c1-26-23(30)28(19-7-3-4-8-19)21(25-26)17-6-5-15-27(16-17)22(29)24(13-14-24)18-9-11-20(31-2)12-10-18/h9-12,17,19H,3-8,13-16H2,1-2H3. The third kappa shape index (κ3) is 3.48. The maximum Gasteiger partial charge on any atom is 0.345 e. The number of aryl methyl sites for hydroxylation is 1. The summed E-state index contributed by atoms with van der Waals surface area (Å²) in [6.45, 7) is 1.44. The number of carbonyl (C=O) groups excluding carboxylic acids is 1. The second-order valence-electron chi connectivity index (χ2n) is 9.47. The molecule has 2 heterocycles. The monoisotopic (exact) mass is 424 g/mol. The minimum Gasteiger partial charge on any atom is -0.497 e. The summed E-state index contributed by atoms with van der Waals surface area (Å²) in [5.74, 6) is 2.04. The molecule has 166 valence electrons. The van der Waals surface area contributed by atoms with Gasteiger partial charge in [0.05, 0.1) is 12.5 Å². The number of methoxy groups -OCH3 is 1. The maximum atomic E-state index is 13.6. The largest absolute Gasteiger partial charge is 0.497 e. The molecule has 7 heteroatoms. The van der Waals surface area contributed by atoms with Crippen LogP contribution in [0.1, 0.15) is 74.7 Å². The summed E-state index contributed by atoms with van der Waals surface area (Å²) >= 11 is 0. The molecular formula is C24H32N4O3. The summed E-state index contributed by atoms with van der Waals surface area (Å²) in [7, 11) is 3.40. The van der Waals surface area contributed by atoms with E-state index in [0.717, 1.165) is 62.2 Å². The highest BCUT2D eigenvalue weighted by Crippen LogP contribution is 2.50. The van der Waals surface area contributed by atoms with Gasteiger partial charge in [-0.2, -0.15) is 5.10 Å². The van der Waals surface area contributed by atoms with Crippen molar-refractivity contribution in [3.63, 3.8) is 0 Å². The highest BCUT2D eigenvalue weighted by atomic mass is 16.5. The quantitative estimate of drug-likeness (QED) is 0.739. The molecule has 3 fully saturated rings. The van der Waals surface area contributed by atoms with E-state index in [9.17, 15) is 9.59 Å². The second kappa shape index (κ2) is 7.84. The van der Waals surface area contributed by atoms with Crippen LogP contribution in [0.3, 0.4) is 0 Å². The maximum absolute atomic E-state index is 13.6. The van der Waals surface area contributed by atoms with Crippen LogP contribution in [0.4, 0.5) is 0 Å². The Hall–Kier alpha value is -2.57. The Morgan fingerprint density at radius 2 is 1.81 bits per heavy atom. The molecule has 1 amide bonds. The van der Waals surface area contributed by atoms with E-state index in [2.05, 4.69) is 5.10 Å². The van der Waals surface area contributed by atoms with Crippen LogP contribution in [-0.4, -0.2) is 45.4 Å². The normalized spacial score (nSPS) is 23.2. The fraction of sp³-hybridized carbons (Fsp3) is 0.625. The molecule has 5 rings (SSSR count). The van der Waals surface area contributed by atoms with Gasteiger partial charge in [-0.25, -0.2) is 9.48 Å². The van der Waals surface area contributed by atoms with Crippen molar-refractivity contribution >= 4 is 5.91 Å². The van der Waals surface area contributed by atoms with Crippen molar-refractivity contribution in [1.29, 1.82) is 0 Å². The Bertz CT molecular complexity index is 1010. The van der Waals surface area contributed by atoms with Gasteiger partial charge in [-0.3, -0.25) is 9.36 Å². The van der Waals surface area contributed by atoms with Crippen molar-refractivity contribution in [1.82, 2.24) is 19.2 Å². The molecule has 0 spiro atoms. The van der Waals surface area contributed by atoms with Crippen LogP contribution < -0.4 is 10.4 Å². The van der Waals surface area contributed by atoms with E-state index in [1.807, 2.05) is 33.7 Å². The van der Waals surface area contributed by atoms with E-state index in [4.69, 9.17) is 4.74 Å². The molecule has 1 aliphatic heterocycles. The average molecular weight is 425 g/mol. The van der Waals surface area contributed by atoms with Crippen molar-refractivity contribution in [2.24, 2.45) is 7.05 Å². The molecule has 2 saturated carbocycles. The lowest BCUT2D eigenvalue weighted by Crippen LogP contribution is -2.45. The van der Waals surface area contributed by atoms with Gasteiger partial charge in [0, 0.05) is 32.1 Å². The van der Waals surface area contributed by atoms with E-state index >= 15 is 0 Å². The fourth-order valence-corrected chi connectivity index (χ4v) is 5.62. The van der Waals surface area contributed by atoms with Gasteiger partial charge in [0.25, 0.3) is 0 Å². The van der Waals surface area contributed by atoms with E-state index in [1.54, 1.807) is 14.2 Å². The molecule has 1 aromatic carbocycles. The Kier molecular flexibility index (Phi) is 5.15. The summed E-state index contributed by atoms with van der Waals surface area (Å²) in [4.78, 5) is 28.5. The average Bonchev–Trinajstić information content (AvgIpc) is 3.33. The van der Waals surface area contributed by atoms with E-state index in [1.165, 1.54) is 17.5 Å². The van der Waals surface area contributed by atoms with Crippen LogP contribution in [0.2, 0.25) is 0 Å². The number of benzene rings is 1. The minimum absolute atomic E-state index is 0.0118. The van der Waals surface area contributed by atoms with Gasteiger partial charge in [-0.1, -0.05) is 25.0 Å². The smallest absolute Gasteiger partial charge is 0.345 e. The predicted octanol–water partition coefficient (Wildman–Crippen LogP) is 3.14. The SMILES string of the molecule is COc1ccc(C2(C(=O)N3CCCC(c4nn(C)c(=O)n4C4CCCC4)C3)CC2)cc1. The van der Waals surface area contributed by atoms with Gasteiger partial charge in [-0.05, 0) is 56.2 Å². The minimum atomic E-state index is -0.386. The number of hydrogen-bond donors (Lipinski definition) is 0. The summed E-state index contributed by atoms with van der Waals surface area (Å²) < 4.78 is 8.70. The number of ether oxygens (including phenoxy) is 1. The van der Waals surface area contributed by atoms with Crippen molar-refractivity contribution in [2.75, 3.05) is 20.2 Å². The third-order valence-electron chi connectivity index (χ3n) is 7.55. The second-order valence-corrected chi connectivity index (χ2v) is 9.47. The first kappa shape index (κ1) is 20.3. The highest BCUT2D eigenvalue weighted by molar-refractivity contribution is 5.91. The number of piperidine rings is 1. The molecule has 0 radical (unpaired) electrons. The summed E-state index contributed by atoms with van der Waals surface area (Å²) in [6.07, 6.45) is 8.16. The number of nitrogens with zero attached hydrogens (tertiary/aromatic N) is 4. The zero-order valence-corrected chi connectivity index (χ0v) is 18.5. The lowest BCUT2D eigenvalue weighted by Gasteiger charge is -2.35. The number of likely N-dealkylation sites (tertiary alicyclic amines) is 1. The van der Waals surface area contributed by atoms with Crippen LogP contribution in [0.5, 0.6) is 5.75 Å². The van der Waals surface area contributed by atoms with Gasteiger partial charge >= 0.3 is 5.69 Å². The van der Waals surface area contributed by atoms with Crippen LogP contribution in [0.25, 0.3) is 0 Å². The molecule has 1 saturated heterocycles. The molecule has 0 bridgehead atoms. The fourth-order valence-electron chi connectivity index (χ4n) is 5.62. The van der Waals surface area contributed by atoms with Gasteiger partial charge in [-0.15, -0.1) is 0 Å². The molecule has 0 N–H and O–H groups in total. The lowest BCUT2D eigenvalue weighted by atomic mass is 9.91. The van der Waals surface area contributed by atoms with Crippen molar-refractivity contribution in [2.45, 2.75) is 68.7 Å². The van der Waals surface area contributed by atoms with Crippen LogP contribution in [0, 0.1) is 0 Å². The molecule has 3 aliphatic rings. The molecular weight excluding hydrogens is 392 g/mol. The summed E-state index contributed by atoms with van der Waals surface area (Å²) in [5.41, 5.74) is 0.687. The van der Waals surface area contributed by atoms with E-state index in [-0.39, 0.29) is 29.0 Å². The first-order chi connectivity index (χ1) is 15.0. The molecule has 2 aliphatic carbocycles. The van der Waals surface area contributed by atoms with Gasteiger partial charge in [0.2, 0.25) is 5.91 Å². The number of hydrogen-bond acceptors (Lipinski definition) is 4. The van der Waals surface area contributed by atoms with Crippen LogP contribution in [-0.2, 0) is 17.3 Å². The highest BCUT2D eigenvalue weighted by Gasteiger charge is 2.53. The number of aromatic nitrogens is 3. The summed E-state index contributed by atoms with van der Waals surface area (Å²) in [6, 6.07) is 8.20. The first-order valence-electron chi connectivity index (χ1n) is 11.6. The van der Waals surface area contributed by atoms with Crippen molar-refractivity contribution in [3.05, 3.63) is 46.1 Å². The molecule has 2 aromatic rings. The number of amides is 1. The molecule has 7 nitrogen and oxygen atoms in total. The molecule has 31 heavy (non-hydrogen) atoms. The van der Waals surface area contributed by atoms with Gasteiger partial charge in [0.15, 0.2) is 0 Å². The zero-order valence-electron chi connectivity index (χ0n) is 18.5. The Labute approximate surface area is 183 Å². The molecule has 1 atom stereocenters. The first-order valence-corrected chi connectivity index (χ1v) is 11.6. The van der Waals surface area contributed by atoms with Crippen LogP contribution in [0.15, 0.2) is 29.1 Å². The third-order valence-corrected chi connectivity index (χ3v) is 7.55. The summed E-state index contributed by atoms with van der Waals surface area (Å²) in [5, 5.41) is 4.64. The Morgan fingerprint density at radius 1 is 1.10 bits per heavy atom. The van der Waals surface area contributed by atoms with Gasteiger partial charge < -0.3 is 9.64 Å². The van der Waals surface area contributed by atoms with E-state index < -0.39 is 0 Å². The Morgan fingerprint density at radius 3 is 2.45 bits per heavy atom. The molecule has 1 aromatic heterocycles. The number of rotatable bonds is 5. The van der Waals surface area contributed by atoms with E-state index in [0.29, 0.717) is 6.54 Å². The van der Waals surface area contributed by atoms with Crippen molar-refractivity contribution in [3.8, 4) is 5.75 Å². The number of carbonyl (C=O) groups is 1. The predicted molar refractivity (Wildman–Crippen MR) is 117 cm³/mol. The topological polar surface area (TPSA) is 69.4 Å². The zero-order chi connectivity index (χ0) is 21.6. The Balaban J connectivity index is 1.38. The van der Waals surface area contributed by atoms with Gasteiger partial charge in [0.1, 0.15) is 11.6 Å². The molecule has 1 unspecified atom stereocenters. The van der Waals surface area contributed by atoms with Crippen molar-refractivity contribution < 1.29 is 9.53 Å². The lowest BCUT2D eigenvalue weighted by molar-refractivity contribution is -0.135.